The maximum Gasteiger partial charge on any atom is 0.289 e. The van der Waals surface area contributed by atoms with Gasteiger partial charge in [0.2, 0.25) is 0 Å². The van der Waals surface area contributed by atoms with Crippen molar-refractivity contribution in [3.63, 3.8) is 0 Å². The summed E-state index contributed by atoms with van der Waals surface area (Å²) in [5, 5.41) is 4.35. The van der Waals surface area contributed by atoms with E-state index in [0.717, 1.165) is 5.56 Å². The number of nitrogens with two attached hydrogens (primary N) is 1. The molecule has 6 heteroatoms. The maximum atomic E-state index is 12.0. The van der Waals surface area contributed by atoms with E-state index in [-0.39, 0.29) is 11.2 Å². The molecule has 0 aliphatic heterocycles. The summed E-state index contributed by atoms with van der Waals surface area (Å²) in [6.45, 7) is 3.21. The van der Waals surface area contributed by atoms with E-state index >= 15 is 0 Å². The quantitative estimate of drug-likeness (QED) is 0.872. The molecular formula is C15H19N3O3. The summed E-state index contributed by atoms with van der Waals surface area (Å²) in [5.41, 5.74) is 7.05. The van der Waals surface area contributed by atoms with Crippen LogP contribution in [0.1, 0.15) is 6.92 Å². The fourth-order valence-corrected chi connectivity index (χ4v) is 1.98. The maximum absolute atomic E-state index is 12.0. The molecule has 0 aliphatic carbocycles. The lowest BCUT2D eigenvalue weighted by Gasteiger charge is -2.12. The van der Waals surface area contributed by atoms with E-state index in [1.54, 1.807) is 13.2 Å². The predicted octanol–water partition coefficient (Wildman–Crippen LogP) is 1.54. The Kier molecular flexibility index (Phi) is 4.94. The van der Waals surface area contributed by atoms with Crippen LogP contribution in [0.5, 0.6) is 5.75 Å². The van der Waals surface area contributed by atoms with E-state index in [1.807, 2.05) is 31.2 Å². The Balaban J connectivity index is 2.49. The first-order valence-corrected chi connectivity index (χ1v) is 6.76. The monoisotopic (exact) mass is 289 g/mol. The molecule has 0 spiro atoms. The summed E-state index contributed by atoms with van der Waals surface area (Å²) in [4.78, 5) is 12.0. The third-order valence-corrected chi connectivity index (χ3v) is 2.97. The largest absolute Gasteiger partial charge is 0.493 e. The zero-order valence-electron chi connectivity index (χ0n) is 12.2. The fraction of sp³-hybridized carbons (Fsp3) is 0.333. The third-order valence-electron chi connectivity index (χ3n) is 2.97. The van der Waals surface area contributed by atoms with Gasteiger partial charge in [0.1, 0.15) is 11.4 Å². The second-order valence-electron chi connectivity index (χ2n) is 4.44. The van der Waals surface area contributed by atoms with Crippen LogP contribution >= 0.6 is 0 Å². The molecule has 0 radical (unpaired) electrons. The Hall–Kier alpha value is -2.34. The smallest absolute Gasteiger partial charge is 0.289 e. The molecular weight excluding hydrogens is 270 g/mol. The minimum absolute atomic E-state index is 0.155. The van der Waals surface area contributed by atoms with Crippen LogP contribution in [-0.2, 0) is 11.3 Å². The fourth-order valence-electron chi connectivity index (χ4n) is 1.98. The Morgan fingerprint density at radius 2 is 2.10 bits per heavy atom. The van der Waals surface area contributed by atoms with E-state index < -0.39 is 0 Å². The Bertz CT molecular complexity index is 667. The van der Waals surface area contributed by atoms with E-state index in [2.05, 4.69) is 5.10 Å². The van der Waals surface area contributed by atoms with Gasteiger partial charge in [-0.25, -0.2) is 4.68 Å². The molecule has 0 amide bonds. The lowest BCUT2D eigenvalue weighted by molar-refractivity contribution is 0.182. The zero-order valence-corrected chi connectivity index (χ0v) is 12.2. The van der Waals surface area contributed by atoms with Gasteiger partial charge >= 0.3 is 0 Å². The van der Waals surface area contributed by atoms with Gasteiger partial charge in [0.05, 0.1) is 25.5 Å². The first kappa shape index (κ1) is 15.1. The molecule has 21 heavy (non-hydrogen) atoms. The second-order valence-corrected chi connectivity index (χ2v) is 4.44. The highest BCUT2D eigenvalue weighted by atomic mass is 16.5. The summed E-state index contributed by atoms with van der Waals surface area (Å²) in [6.07, 6.45) is 0. The van der Waals surface area contributed by atoms with Gasteiger partial charge in [-0.2, -0.15) is 5.10 Å². The van der Waals surface area contributed by atoms with Crippen LogP contribution < -0.4 is 16.0 Å². The molecule has 2 rings (SSSR count). The summed E-state index contributed by atoms with van der Waals surface area (Å²) in [6, 6.07) is 9.10. The SMILES string of the molecule is CCOc1ccccc1-c1cc(N)c(=O)n(CCOC)n1. The van der Waals surface area contributed by atoms with Crippen LogP contribution in [0, 0.1) is 0 Å². The van der Waals surface area contributed by atoms with E-state index in [1.165, 1.54) is 4.68 Å². The van der Waals surface area contributed by atoms with Crippen molar-refractivity contribution in [2.45, 2.75) is 13.5 Å². The average molecular weight is 289 g/mol. The molecule has 0 bridgehead atoms. The number of hydrogen-bond donors (Lipinski definition) is 1. The number of benzene rings is 1. The number of para-hydroxylation sites is 1. The normalized spacial score (nSPS) is 10.6. The lowest BCUT2D eigenvalue weighted by atomic mass is 10.1. The van der Waals surface area contributed by atoms with Crippen molar-refractivity contribution in [2.24, 2.45) is 0 Å². The van der Waals surface area contributed by atoms with E-state index in [0.29, 0.717) is 31.2 Å². The molecule has 0 saturated heterocycles. The first-order chi connectivity index (χ1) is 10.2. The van der Waals surface area contributed by atoms with Crippen molar-refractivity contribution < 1.29 is 9.47 Å². The van der Waals surface area contributed by atoms with Crippen molar-refractivity contribution in [1.29, 1.82) is 0 Å². The highest BCUT2D eigenvalue weighted by molar-refractivity contribution is 5.68. The van der Waals surface area contributed by atoms with Gasteiger partial charge in [-0.15, -0.1) is 0 Å². The van der Waals surface area contributed by atoms with Crippen LogP contribution in [0.15, 0.2) is 35.1 Å². The Morgan fingerprint density at radius 1 is 1.33 bits per heavy atom. The number of rotatable bonds is 6. The number of nitrogen functional groups attached to an aromatic ring is 1. The van der Waals surface area contributed by atoms with Crippen molar-refractivity contribution in [3.05, 3.63) is 40.7 Å². The highest BCUT2D eigenvalue weighted by Crippen LogP contribution is 2.28. The molecule has 2 N–H and O–H groups in total. The molecule has 1 heterocycles. The minimum atomic E-state index is -0.315. The van der Waals surface area contributed by atoms with Crippen LogP contribution in [0.2, 0.25) is 0 Å². The molecule has 0 saturated carbocycles. The summed E-state index contributed by atoms with van der Waals surface area (Å²) in [5.74, 6) is 0.712. The third kappa shape index (κ3) is 3.41. The van der Waals surface area contributed by atoms with Crippen LogP contribution in [0.4, 0.5) is 5.69 Å². The minimum Gasteiger partial charge on any atom is -0.493 e. The molecule has 0 atom stereocenters. The van der Waals surface area contributed by atoms with Gasteiger partial charge in [-0.05, 0) is 25.1 Å². The standard InChI is InChI=1S/C15H19N3O3/c1-3-21-14-7-5-4-6-11(14)13-10-12(16)15(19)18(17-13)8-9-20-2/h4-7,10H,3,8-9,16H2,1-2H3. The number of methoxy groups -OCH3 is 1. The number of ether oxygens (including phenoxy) is 2. The lowest BCUT2D eigenvalue weighted by Crippen LogP contribution is -2.27. The molecule has 1 aromatic carbocycles. The van der Waals surface area contributed by atoms with Gasteiger partial charge in [-0.3, -0.25) is 4.79 Å². The van der Waals surface area contributed by atoms with Gasteiger partial charge in [-0.1, -0.05) is 12.1 Å². The van der Waals surface area contributed by atoms with Crippen molar-refractivity contribution in [2.75, 3.05) is 26.1 Å². The van der Waals surface area contributed by atoms with Crippen molar-refractivity contribution in [1.82, 2.24) is 9.78 Å². The first-order valence-electron chi connectivity index (χ1n) is 6.76. The van der Waals surface area contributed by atoms with Gasteiger partial charge in [0.25, 0.3) is 5.56 Å². The molecule has 1 aromatic heterocycles. The summed E-state index contributed by atoms with van der Waals surface area (Å²) in [7, 11) is 1.57. The highest BCUT2D eigenvalue weighted by Gasteiger charge is 2.11. The van der Waals surface area contributed by atoms with Crippen LogP contribution in [0.3, 0.4) is 0 Å². The topological polar surface area (TPSA) is 79.4 Å². The number of anilines is 1. The number of aromatic nitrogens is 2. The van der Waals surface area contributed by atoms with Crippen LogP contribution in [-0.4, -0.2) is 30.1 Å². The molecule has 6 nitrogen and oxygen atoms in total. The molecule has 2 aromatic rings. The summed E-state index contributed by atoms with van der Waals surface area (Å²) < 4.78 is 11.9. The van der Waals surface area contributed by atoms with Crippen molar-refractivity contribution in [3.8, 4) is 17.0 Å². The molecule has 0 unspecified atom stereocenters. The van der Waals surface area contributed by atoms with Gasteiger partial charge in [0, 0.05) is 12.7 Å². The average Bonchev–Trinajstić information content (AvgIpc) is 2.49. The molecule has 112 valence electrons. The summed E-state index contributed by atoms with van der Waals surface area (Å²) >= 11 is 0. The van der Waals surface area contributed by atoms with Gasteiger partial charge < -0.3 is 15.2 Å². The van der Waals surface area contributed by atoms with Gasteiger partial charge in [0.15, 0.2) is 0 Å². The molecule has 0 fully saturated rings. The van der Waals surface area contributed by atoms with Crippen LogP contribution in [0.25, 0.3) is 11.3 Å². The zero-order chi connectivity index (χ0) is 15.2. The Morgan fingerprint density at radius 3 is 2.81 bits per heavy atom. The van der Waals surface area contributed by atoms with Crippen molar-refractivity contribution >= 4 is 5.69 Å². The second kappa shape index (κ2) is 6.90. The Labute approximate surface area is 123 Å². The number of nitrogens with zero attached hydrogens (tertiary/aromatic N) is 2. The van der Waals surface area contributed by atoms with E-state index in [9.17, 15) is 4.79 Å². The number of hydrogen-bond acceptors (Lipinski definition) is 5. The van der Waals surface area contributed by atoms with E-state index in [4.69, 9.17) is 15.2 Å². The molecule has 0 aliphatic rings. The predicted molar refractivity (Wildman–Crippen MR) is 81.4 cm³/mol.